The maximum atomic E-state index is 11.9. The molecule has 0 aliphatic heterocycles. The van der Waals surface area contributed by atoms with Gasteiger partial charge in [-0.1, -0.05) is 47.1 Å². The van der Waals surface area contributed by atoms with Gasteiger partial charge in [-0.2, -0.15) is 0 Å². The van der Waals surface area contributed by atoms with Crippen molar-refractivity contribution in [3.8, 4) is 0 Å². The Kier molecular flexibility index (Phi) is 5.91. The fourth-order valence-corrected chi connectivity index (χ4v) is 2.60. The van der Waals surface area contributed by atoms with E-state index < -0.39 is 0 Å². The van der Waals surface area contributed by atoms with Gasteiger partial charge < -0.3 is 5.32 Å². The van der Waals surface area contributed by atoms with Crippen molar-refractivity contribution < 1.29 is 4.79 Å². The molecule has 0 saturated heterocycles. The minimum absolute atomic E-state index is 0.0424. The summed E-state index contributed by atoms with van der Waals surface area (Å²) < 4.78 is 0. The number of thioether (sulfide) groups is 1. The van der Waals surface area contributed by atoms with Crippen molar-refractivity contribution >= 4 is 40.9 Å². The highest BCUT2D eigenvalue weighted by molar-refractivity contribution is 7.99. The summed E-state index contributed by atoms with van der Waals surface area (Å²) >= 11 is 13.0. The number of nitrogens with one attached hydrogen (secondary N) is 1. The maximum Gasteiger partial charge on any atom is 0.230 e. The molecule has 110 valence electrons. The monoisotopic (exact) mass is 340 g/mol. The number of benzene rings is 1. The van der Waals surface area contributed by atoms with Gasteiger partial charge in [-0.3, -0.25) is 4.79 Å². The molecule has 1 heterocycles. The number of hydrogen-bond acceptors (Lipinski definition) is 3. The Bertz CT molecular complexity index is 602. The second-order valence-corrected chi connectivity index (χ2v) is 6.31. The van der Waals surface area contributed by atoms with Crippen LogP contribution in [0.1, 0.15) is 18.5 Å². The quantitative estimate of drug-likeness (QED) is 0.822. The van der Waals surface area contributed by atoms with E-state index in [0.717, 1.165) is 10.6 Å². The first-order valence-electron chi connectivity index (χ1n) is 6.34. The van der Waals surface area contributed by atoms with E-state index in [1.165, 1.54) is 11.8 Å². The summed E-state index contributed by atoms with van der Waals surface area (Å²) in [6.07, 6.45) is 1.57. The van der Waals surface area contributed by atoms with Crippen molar-refractivity contribution in [2.24, 2.45) is 0 Å². The summed E-state index contributed by atoms with van der Waals surface area (Å²) in [4.78, 5) is 16.1. The molecule has 0 saturated carbocycles. The van der Waals surface area contributed by atoms with Crippen LogP contribution in [0.2, 0.25) is 10.0 Å². The van der Waals surface area contributed by atoms with Crippen LogP contribution in [0.4, 0.5) is 0 Å². The minimum atomic E-state index is -0.0615. The zero-order chi connectivity index (χ0) is 15.2. The molecule has 1 unspecified atom stereocenters. The Morgan fingerprint density at radius 2 is 1.86 bits per heavy atom. The fourth-order valence-electron chi connectivity index (χ4n) is 1.71. The van der Waals surface area contributed by atoms with Crippen LogP contribution in [0.5, 0.6) is 0 Å². The van der Waals surface area contributed by atoms with E-state index in [9.17, 15) is 4.79 Å². The fraction of sp³-hybridized carbons (Fsp3) is 0.200. The molecule has 21 heavy (non-hydrogen) atoms. The third kappa shape index (κ3) is 5.23. The molecule has 1 atom stereocenters. The Hall–Kier alpha value is -1.23. The Balaban J connectivity index is 1.83. The lowest BCUT2D eigenvalue weighted by molar-refractivity contribution is -0.119. The molecule has 0 radical (unpaired) electrons. The summed E-state index contributed by atoms with van der Waals surface area (Å²) in [5, 5.41) is 4.98. The van der Waals surface area contributed by atoms with Crippen LogP contribution in [0.3, 0.4) is 0 Å². The lowest BCUT2D eigenvalue weighted by Crippen LogP contribution is -2.28. The van der Waals surface area contributed by atoms with Crippen LogP contribution >= 0.6 is 35.0 Å². The van der Waals surface area contributed by atoms with Gasteiger partial charge in [0.1, 0.15) is 0 Å². The predicted octanol–water partition coefficient (Wildman–Crippen LogP) is 4.36. The summed E-state index contributed by atoms with van der Waals surface area (Å²) in [7, 11) is 0. The van der Waals surface area contributed by atoms with Crippen LogP contribution < -0.4 is 5.32 Å². The number of hydrogen-bond donors (Lipinski definition) is 1. The zero-order valence-electron chi connectivity index (χ0n) is 11.3. The molecule has 1 N–H and O–H groups in total. The first kappa shape index (κ1) is 16.1. The van der Waals surface area contributed by atoms with E-state index in [1.54, 1.807) is 18.3 Å². The molecule has 1 amide bonds. The maximum absolute atomic E-state index is 11.9. The number of carbonyl (C=O) groups excluding carboxylic acids is 1. The molecule has 6 heteroatoms. The standard InChI is InChI=1S/C15H14Cl2N2OS/c1-10(11-2-4-12(16)5-3-11)19-14(20)9-21-15-7-6-13(17)8-18-15/h2-8,10H,9H2,1H3,(H,19,20). The average Bonchev–Trinajstić information content (AvgIpc) is 2.47. The van der Waals surface area contributed by atoms with Gasteiger partial charge >= 0.3 is 0 Å². The first-order valence-corrected chi connectivity index (χ1v) is 8.08. The van der Waals surface area contributed by atoms with Gasteiger partial charge in [0.25, 0.3) is 0 Å². The van der Waals surface area contributed by atoms with E-state index in [4.69, 9.17) is 23.2 Å². The van der Waals surface area contributed by atoms with Gasteiger partial charge in [-0.25, -0.2) is 4.98 Å². The number of rotatable bonds is 5. The van der Waals surface area contributed by atoms with Crippen LogP contribution in [0.15, 0.2) is 47.6 Å². The van der Waals surface area contributed by atoms with Crippen LogP contribution in [0.25, 0.3) is 0 Å². The van der Waals surface area contributed by atoms with E-state index in [-0.39, 0.29) is 11.9 Å². The van der Waals surface area contributed by atoms with Gasteiger partial charge in [0.2, 0.25) is 5.91 Å². The Labute approximate surface area is 138 Å². The average molecular weight is 341 g/mol. The number of amides is 1. The normalized spacial score (nSPS) is 12.0. The highest BCUT2D eigenvalue weighted by Crippen LogP contribution is 2.19. The number of nitrogens with zero attached hydrogens (tertiary/aromatic N) is 1. The lowest BCUT2D eigenvalue weighted by atomic mass is 10.1. The second kappa shape index (κ2) is 7.69. The molecular formula is C15H14Cl2N2OS. The highest BCUT2D eigenvalue weighted by atomic mass is 35.5. The largest absolute Gasteiger partial charge is 0.349 e. The SMILES string of the molecule is CC(NC(=O)CSc1ccc(Cl)cn1)c1ccc(Cl)cc1. The van der Waals surface area contributed by atoms with E-state index >= 15 is 0 Å². The lowest BCUT2D eigenvalue weighted by Gasteiger charge is -2.14. The molecule has 1 aromatic carbocycles. The van der Waals surface area contributed by atoms with Crippen molar-refractivity contribution in [1.29, 1.82) is 0 Å². The third-order valence-electron chi connectivity index (χ3n) is 2.80. The molecule has 0 fully saturated rings. The Morgan fingerprint density at radius 3 is 2.48 bits per heavy atom. The third-order valence-corrected chi connectivity index (χ3v) is 4.22. The molecule has 0 spiro atoms. The summed E-state index contributed by atoms with van der Waals surface area (Å²) in [6.45, 7) is 1.94. The molecule has 2 rings (SSSR count). The molecule has 0 bridgehead atoms. The zero-order valence-corrected chi connectivity index (χ0v) is 13.7. The van der Waals surface area contributed by atoms with E-state index in [1.807, 2.05) is 31.2 Å². The van der Waals surface area contributed by atoms with Crippen LogP contribution in [-0.2, 0) is 4.79 Å². The van der Waals surface area contributed by atoms with Crippen molar-refractivity contribution in [1.82, 2.24) is 10.3 Å². The minimum Gasteiger partial charge on any atom is -0.349 e. The van der Waals surface area contributed by atoms with Gasteiger partial charge in [0, 0.05) is 11.2 Å². The van der Waals surface area contributed by atoms with Gasteiger partial charge in [0.05, 0.1) is 21.8 Å². The van der Waals surface area contributed by atoms with E-state index in [0.29, 0.717) is 15.8 Å². The molecule has 3 nitrogen and oxygen atoms in total. The van der Waals surface area contributed by atoms with Gasteiger partial charge in [-0.05, 0) is 36.8 Å². The highest BCUT2D eigenvalue weighted by Gasteiger charge is 2.10. The van der Waals surface area contributed by atoms with Crippen molar-refractivity contribution in [3.05, 3.63) is 58.2 Å². The number of aromatic nitrogens is 1. The summed E-state index contributed by atoms with van der Waals surface area (Å²) in [5.41, 5.74) is 1.02. The predicted molar refractivity (Wildman–Crippen MR) is 88.0 cm³/mol. The number of pyridine rings is 1. The number of halogens is 2. The topological polar surface area (TPSA) is 42.0 Å². The van der Waals surface area contributed by atoms with Crippen molar-refractivity contribution in [3.63, 3.8) is 0 Å². The second-order valence-electron chi connectivity index (χ2n) is 4.44. The van der Waals surface area contributed by atoms with Crippen molar-refractivity contribution in [2.45, 2.75) is 18.0 Å². The molecule has 0 aliphatic rings. The van der Waals surface area contributed by atoms with Crippen LogP contribution in [0, 0.1) is 0 Å². The van der Waals surface area contributed by atoms with Gasteiger partial charge in [0.15, 0.2) is 0 Å². The molecule has 2 aromatic rings. The number of carbonyl (C=O) groups is 1. The molecular weight excluding hydrogens is 327 g/mol. The van der Waals surface area contributed by atoms with E-state index in [2.05, 4.69) is 10.3 Å². The van der Waals surface area contributed by atoms with Gasteiger partial charge in [-0.15, -0.1) is 0 Å². The first-order chi connectivity index (χ1) is 10.0. The van der Waals surface area contributed by atoms with Crippen molar-refractivity contribution in [2.75, 3.05) is 5.75 Å². The Morgan fingerprint density at radius 1 is 1.19 bits per heavy atom. The molecule has 1 aromatic heterocycles. The summed E-state index contributed by atoms with van der Waals surface area (Å²) in [6, 6.07) is 10.9. The summed E-state index contributed by atoms with van der Waals surface area (Å²) in [5.74, 6) is 0.270. The molecule has 0 aliphatic carbocycles. The smallest absolute Gasteiger partial charge is 0.230 e. The van der Waals surface area contributed by atoms with Crippen LogP contribution in [-0.4, -0.2) is 16.6 Å².